The van der Waals surface area contributed by atoms with E-state index < -0.39 is 0 Å². The third-order valence-electron chi connectivity index (χ3n) is 3.86. The lowest BCUT2D eigenvalue weighted by molar-refractivity contribution is 0.0631. The average molecular weight is 324 g/mol. The number of ether oxygens (including phenoxy) is 1. The van der Waals surface area contributed by atoms with Crippen LogP contribution >= 0.6 is 0 Å². The van der Waals surface area contributed by atoms with Crippen LogP contribution in [0.2, 0.25) is 0 Å². The van der Waals surface area contributed by atoms with E-state index >= 15 is 0 Å². The average Bonchev–Trinajstić information content (AvgIpc) is 2.80. The Labute approximate surface area is 141 Å². The van der Waals surface area contributed by atoms with Crippen LogP contribution in [-0.4, -0.2) is 48.9 Å². The molecule has 0 saturated heterocycles. The Bertz CT molecular complexity index is 736. The van der Waals surface area contributed by atoms with Crippen molar-refractivity contribution in [1.29, 1.82) is 0 Å². The van der Waals surface area contributed by atoms with Crippen molar-refractivity contribution in [3.8, 4) is 5.75 Å². The fourth-order valence-electron chi connectivity index (χ4n) is 2.80. The first-order valence-electron chi connectivity index (χ1n) is 7.88. The van der Waals surface area contributed by atoms with Gasteiger partial charge in [-0.05, 0) is 43.9 Å². The first-order chi connectivity index (χ1) is 11.6. The van der Waals surface area contributed by atoms with Crippen molar-refractivity contribution in [3.63, 3.8) is 0 Å². The van der Waals surface area contributed by atoms with Gasteiger partial charge in [0.15, 0.2) is 0 Å². The standard InChI is InChI=1S/C19H20N2O3/c1-20(2)13-14-6-5-7-15(12-14)24-11-10-21-18(22)16-8-3-4-9-17(16)19(21)23/h3-9,12H,10-11,13H2,1-2H3. The molecule has 5 heteroatoms. The summed E-state index contributed by atoms with van der Waals surface area (Å²) in [6.07, 6.45) is 0. The van der Waals surface area contributed by atoms with Gasteiger partial charge in [0.2, 0.25) is 0 Å². The van der Waals surface area contributed by atoms with Crippen LogP contribution in [0.5, 0.6) is 5.75 Å². The number of imide groups is 1. The van der Waals surface area contributed by atoms with Crippen LogP contribution in [0.4, 0.5) is 0 Å². The molecule has 0 N–H and O–H groups in total. The van der Waals surface area contributed by atoms with Gasteiger partial charge in [-0.1, -0.05) is 24.3 Å². The molecular weight excluding hydrogens is 304 g/mol. The van der Waals surface area contributed by atoms with Crippen molar-refractivity contribution in [2.75, 3.05) is 27.2 Å². The molecule has 0 bridgehead atoms. The summed E-state index contributed by atoms with van der Waals surface area (Å²) in [5.41, 5.74) is 2.09. The Morgan fingerprint density at radius 1 is 0.958 bits per heavy atom. The maximum Gasteiger partial charge on any atom is 0.261 e. The first kappa shape index (κ1) is 16.2. The van der Waals surface area contributed by atoms with Crippen molar-refractivity contribution in [2.24, 2.45) is 0 Å². The summed E-state index contributed by atoms with van der Waals surface area (Å²) in [6.45, 7) is 1.34. The van der Waals surface area contributed by atoms with Gasteiger partial charge in [0.25, 0.3) is 11.8 Å². The van der Waals surface area contributed by atoms with Crippen LogP contribution in [0.3, 0.4) is 0 Å². The molecule has 0 saturated carbocycles. The molecule has 0 aromatic heterocycles. The number of benzene rings is 2. The summed E-state index contributed by atoms with van der Waals surface area (Å²) in [5, 5.41) is 0. The highest BCUT2D eigenvalue weighted by molar-refractivity contribution is 6.21. The van der Waals surface area contributed by atoms with Crippen LogP contribution in [-0.2, 0) is 6.54 Å². The smallest absolute Gasteiger partial charge is 0.261 e. The monoisotopic (exact) mass is 324 g/mol. The maximum atomic E-state index is 12.3. The van der Waals surface area contributed by atoms with Crippen LogP contribution in [0, 0.1) is 0 Å². The Kier molecular flexibility index (Phi) is 4.62. The Hall–Kier alpha value is -2.66. The number of fused-ring (bicyclic) bond motifs is 1. The zero-order chi connectivity index (χ0) is 17.1. The number of amides is 2. The first-order valence-corrected chi connectivity index (χ1v) is 7.88. The van der Waals surface area contributed by atoms with Gasteiger partial charge in [0, 0.05) is 6.54 Å². The normalized spacial score (nSPS) is 13.5. The molecule has 24 heavy (non-hydrogen) atoms. The minimum Gasteiger partial charge on any atom is -0.492 e. The molecule has 0 atom stereocenters. The highest BCUT2D eigenvalue weighted by Crippen LogP contribution is 2.22. The molecule has 0 unspecified atom stereocenters. The summed E-state index contributed by atoms with van der Waals surface area (Å²) >= 11 is 0. The lowest BCUT2D eigenvalue weighted by Gasteiger charge is -2.15. The van der Waals surface area contributed by atoms with Gasteiger partial charge in [-0.3, -0.25) is 14.5 Å². The molecule has 2 aromatic rings. The predicted octanol–water partition coefficient (Wildman–Crippen LogP) is 2.42. The minimum atomic E-state index is -0.249. The number of rotatable bonds is 6. The quantitative estimate of drug-likeness (QED) is 0.766. The zero-order valence-corrected chi connectivity index (χ0v) is 13.9. The molecule has 1 heterocycles. The molecule has 2 amide bonds. The summed E-state index contributed by atoms with van der Waals surface area (Å²) in [4.78, 5) is 27.9. The highest BCUT2D eigenvalue weighted by atomic mass is 16.5. The Morgan fingerprint density at radius 3 is 2.25 bits per heavy atom. The van der Waals surface area contributed by atoms with Crippen molar-refractivity contribution in [2.45, 2.75) is 6.54 Å². The van der Waals surface area contributed by atoms with E-state index in [1.165, 1.54) is 4.90 Å². The molecule has 5 nitrogen and oxygen atoms in total. The SMILES string of the molecule is CN(C)Cc1cccc(OCCN2C(=O)c3ccccc3C2=O)c1. The van der Waals surface area contributed by atoms with Gasteiger partial charge in [-0.25, -0.2) is 0 Å². The fraction of sp³-hybridized carbons (Fsp3) is 0.263. The van der Waals surface area contributed by atoms with Crippen molar-refractivity contribution in [1.82, 2.24) is 9.80 Å². The maximum absolute atomic E-state index is 12.3. The van der Waals surface area contributed by atoms with E-state index in [0.717, 1.165) is 17.9 Å². The zero-order valence-electron chi connectivity index (χ0n) is 13.9. The van der Waals surface area contributed by atoms with Gasteiger partial charge < -0.3 is 9.64 Å². The van der Waals surface area contributed by atoms with E-state index in [0.29, 0.717) is 11.1 Å². The molecule has 2 aromatic carbocycles. The summed E-state index contributed by atoms with van der Waals surface area (Å²) < 4.78 is 5.72. The van der Waals surface area contributed by atoms with Crippen molar-refractivity contribution >= 4 is 11.8 Å². The lowest BCUT2D eigenvalue weighted by atomic mass is 10.1. The van der Waals surface area contributed by atoms with E-state index in [9.17, 15) is 9.59 Å². The number of carbonyl (C=O) groups is 2. The van der Waals surface area contributed by atoms with Gasteiger partial charge in [-0.15, -0.1) is 0 Å². The number of hydrogen-bond donors (Lipinski definition) is 0. The van der Waals surface area contributed by atoms with Crippen LogP contribution in [0.1, 0.15) is 26.3 Å². The highest BCUT2D eigenvalue weighted by Gasteiger charge is 2.34. The number of nitrogens with zero attached hydrogens (tertiary/aromatic N) is 2. The lowest BCUT2D eigenvalue weighted by Crippen LogP contribution is -2.33. The molecule has 1 aliphatic rings. The van der Waals surface area contributed by atoms with Crippen LogP contribution in [0.15, 0.2) is 48.5 Å². The molecule has 124 valence electrons. The second kappa shape index (κ2) is 6.84. The molecule has 0 radical (unpaired) electrons. The van der Waals surface area contributed by atoms with E-state index in [-0.39, 0.29) is 25.0 Å². The van der Waals surface area contributed by atoms with Crippen LogP contribution in [0.25, 0.3) is 0 Å². The van der Waals surface area contributed by atoms with Crippen LogP contribution < -0.4 is 4.74 Å². The van der Waals surface area contributed by atoms with Gasteiger partial charge in [0.05, 0.1) is 17.7 Å². The molecule has 0 fully saturated rings. The molecule has 0 spiro atoms. The van der Waals surface area contributed by atoms with Crippen molar-refractivity contribution < 1.29 is 14.3 Å². The molecule has 1 aliphatic heterocycles. The Balaban J connectivity index is 1.60. The summed E-state index contributed by atoms with van der Waals surface area (Å²) in [5.74, 6) is 0.243. The van der Waals surface area contributed by atoms with E-state index in [1.807, 2.05) is 38.4 Å². The second-order valence-electron chi connectivity index (χ2n) is 6.04. The topological polar surface area (TPSA) is 49.9 Å². The van der Waals surface area contributed by atoms with Crippen molar-refractivity contribution in [3.05, 3.63) is 65.2 Å². The van der Waals surface area contributed by atoms with E-state index in [1.54, 1.807) is 24.3 Å². The predicted molar refractivity (Wildman–Crippen MR) is 91.1 cm³/mol. The second-order valence-corrected chi connectivity index (χ2v) is 6.04. The molecule has 3 rings (SSSR count). The summed E-state index contributed by atoms with van der Waals surface area (Å²) in [6, 6.07) is 14.7. The largest absolute Gasteiger partial charge is 0.492 e. The summed E-state index contributed by atoms with van der Waals surface area (Å²) in [7, 11) is 4.02. The Morgan fingerprint density at radius 2 is 1.62 bits per heavy atom. The third kappa shape index (κ3) is 3.31. The minimum absolute atomic E-state index is 0.240. The van der Waals surface area contributed by atoms with E-state index in [2.05, 4.69) is 4.90 Å². The van der Waals surface area contributed by atoms with Gasteiger partial charge in [0.1, 0.15) is 12.4 Å². The molecular formula is C19H20N2O3. The van der Waals surface area contributed by atoms with Gasteiger partial charge in [-0.2, -0.15) is 0 Å². The van der Waals surface area contributed by atoms with Gasteiger partial charge >= 0.3 is 0 Å². The third-order valence-corrected chi connectivity index (χ3v) is 3.86. The van der Waals surface area contributed by atoms with E-state index in [4.69, 9.17) is 4.74 Å². The number of carbonyl (C=O) groups excluding carboxylic acids is 2. The fourth-order valence-corrected chi connectivity index (χ4v) is 2.80. The molecule has 0 aliphatic carbocycles. The number of hydrogen-bond acceptors (Lipinski definition) is 4.